The van der Waals surface area contributed by atoms with Crippen LogP contribution in [0.5, 0.6) is 0 Å². The molecule has 0 saturated heterocycles. The topological polar surface area (TPSA) is 22.1 Å². The van der Waals surface area contributed by atoms with E-state index in [0.29, 0.717) is 6.61 Å². The molecule has 0 aliphatic carbocycles. The van der Waals surface area contributed by atoms with Gasteiger partial charge < -0.3 is 4.74 Å². The van der Waals surface area contributed by atoms with Crippen molar-refractivity contribution in [1.82, 2.24) is 4.98 Å². The Bertz CT molecular complexity index is 269. The monoisotopic (exact) mass is 163 g/mol. The number of hydrogen-bond donors (Lipinski definition) is 0. The summed E-state index contributed by atoms with van der Waals surface area (Å²) in [5.41, 5.74) is 4.00. The van der Waals surface area contributed by atoms with E-state index in [0.717, 1.165) is 25.1 Å². The number of aryl methyl sites for hydroxylation is 1. The standard InChI is InChI=1S/C10H13NO/c1-2-8-3-5-11-10-7-12-6-4-9(8)10/h3,5H,2,4,6-7H2,1H3. The smallest absolute Gasteiger partial charge is 0.0890 e. The van der Waals surface area contributed by atoms with Gasteiger partial charge in [-0.15, -0.1) is 0 Å². The van der Waals surface area contributed by atoms with Crippen molar-refractivity contribution in [2.45, 2.75) is 26.4 Å². The van der Waals surface area contributed by atoms with Gasteiger partial charge in [-0.3, -0.25) is 4.98 Å². The maximum Gasteiger partial charge on any atom is 0.0890 e. The van der Waals surface area contributed by atoms with Gasteiger partial charge in [0.15, 0.2) is 0 Å². The molecule has 0 bridgehead atoms. The highest BCUT2D eigenvalue weighted by Gasteiger charge is 2.12. The molecule has 0 radical (unpaired) electrons. The highest BCUT2D eigenvalue weighted by molar-refractivity contribution is 5.31. The highest BCUT2D eigenvalue weighted by Crippen LogP contribution is 2.18. The number of pyridine rings is 1. The Kier molecular flexibility index (Phi) is 2.09. The molecular formula is C10H13NO. The molecule has 64 valence electrons. The summed E-state index contributed by atoms with van der Waals surface area (Å²) >= 11 is 0. The fourth-order valence-electron chi connectivity index (χ4n) is 1.68. The first kappa shape index (κ1) is 7.74. The largest absolute Gasteiger partial charge is 0.375 e. The summed E-state index contributed by atoms with van der Waals surface area (Å²) in [7, 11) is 0. The lowest BCUT2D eigenvalue weighted by molar-refractivity contribution is 0.107. The first-order valence-electron chi connectivity index (χ1n) is 4.45. The van der Waals surface area contributed by atoms with Crippen molar-refractivity contribution in [2.75, 3.05) is 6.61 Å². The molecule has 12 heavy (non-hydrogen) atoms. The van der Waals surface area contributed by atoms with Crippen LogP contribution in [0.1, 0.15) is 23.7 Å². The third-order valence-corrected chi connectivity index (χ3v) is 2.36. The zero-order valence-electron chi connectivity index (χ0n) is 7.34. The zero-order valence-corrected chi connectivity index (χ0v) is 7.34. The molecule has 1 aromatic heterocycles. The van der Waals surface area contributed by atoms with Gasteiger partial charge in [0.05, 0.1) is 18.9 Å². The minimum Gasteiger partial charge on any atom is -0.375 e. The average molecular weight is 163 g/mol. The molecule has 2 nitrogen and oxygen atoms in total. The second-order valence-electron chi connectivity index (χ2n) is 3.05. The van der Waals surface area contributed by atoms with E-state index < -0.39 is 0 Å². The van der Waals surface area contributed by atoms with Crippen LogP contribution in [0.3, 0.4) is 0 Å². The summed E-state index contributed by atoms with van der Waals surface area (Å²) in [6, 6.07) is 2.12. The highest BCUT2D eigenvalue weighted by atomic mass is 16.5. The molecule has 1 aromatic rings. The van der Waals surface area contributed by atoms with Gasteiger partial charge >= 0.3 is 0 Å². The quantitative estimate of drug-likeness (QED) is 0.629. The zero-order chi connectivity index (χ0) is 8.39. The van der Waals surface area contributed by atoms with Crippen LogP contribution in [0.2, 0.25) is 0 Å². The Morgan fingerprint density at radius 3 is 3.33 bits per heavy atom. The van der Waals surface area contributed by atoms with Crippen molar-refractivity contribution < 1.29 is 4.74 Å². The van der Waals surface area contributed by atoms with E-state index in [2.05, 4.69) is 18.0 Å². The van der Waals surface area contributed by atoms with Crippen LogP contribution < -0.4 is 0 Å². The van der Waals surface area contributed by atoms with Gasteiger partial charge in [-0.2, -0.15) is 0 Å². The molecular weight excluding hydrogens is 150 g/mol. The summed E-state index contributed by atoms with van der Waals surface area (Å²) in [6.45, 7) is 3.74. The summed E-state index contributed by atoms with van der Waals surface area (Å²) in [5, 5.41) is 0. The molecule has 0 atom stereocenters. The van der Waals surface area contributed by atoms with Crippen LogP contribution in [-0.4, -0.2) is 11.6 Å². The predicted molar refractivity (Wildman–Crippen MR) is 47.0 cm³/mol. The summed E-state index contributed by atoms with van der Waals surface area (Å²) in [5.74, 6) is 0. The molecule has 0 amide bonds. The molecule has 0 spiro atoms. The van der Waals surface area contributed by atoms with Crippen molar-refractivity contribution in [3.8, 4) is 0 Å². The molecule has 0 fully saturated rings. The van der Waals surface area contributed by atoms with Gasteiger partial charge in [-0.25, -0.2) is 0 Å². The molecule has 0 N–H and O–H groups in total. The molecule has 2 rings (SSSR count). The first-order chi connectivity index (χ1) is 5.92. The Morgan fingerprint density at radius 1 is 1.58 bits per heavy atom. The number of ether oxygens (including phenoxy) is 1. The maximum atomic E-state index is 5.33. The van der Waals surface area contributed by atoms with Gasteiger partial charge in [0.1, 0.15) is 0 Å². The molecule has 1 aliphatic rings. The van der Waals surface area contributed by atoms with Gasteiger partial charge in [-0.1, -0.05) is 6.92 Å². The second-order valence-corrected chi connectivity index (χ2v) is 3.05. The van der Waals surface area contributed by atoms with E-state index in [4.69, 9.17) is 4.74 Å². The Morgan fingerprint density at radius 2 is 2.50 bits per heavy atom. The van der Waals surface area contributed by atoms with Gasteiger partial charge in [0.25, 0.3) is 0 Å². The lowest BCUT2D eigenvalue weighted by Gasteiger charge is -2.17. The summed E-state index contributed by atoms with van der Waals surface area (Å²) in [6.07, 6.45) is 4.02. The second kappa shape index (κ2) is 3.23. The maximum absolute atomic E-state index is 5.33. The third-order valence-electron chi connectivity index (χ3n) is 2.36. The van der Waals surface area contributed by atoms with Gasteiger partial charge in [-0.05, 0) is 30.0 Å². The van der Waals surface area contributed by atoms with Crippen LogP contribution in [0.25, 0.3) is 0 Å². The molecule has 0 saturated carbocycles. The third kappa shape index (κ3) is 1.23. The summed E-state index contributed by atoms with van der Waals surface area (Å²) in [4.78, 5) is 4.30. The van der Waals surface area contributed by atoms with E-state index in [-0.39, 0.29) is 0 Å². The van der Waals surface area contributed by atoms with Crippen LogP contribution in [0.15, 0.2) is 12.3 Å². The van der Waals surface area contributed by atoms with Crippen molar-refractivity contribution in [2.24, 2.45) is 0 Å². The molecule has 2 heteroatoms. The normalized spacial score (nSPS) is 15.8. The van der Waals surface area contributed by atoms with Crippen molar-refractivity contribution >= 4 is 0 Å². The Balaban J connectivity index is 2.44. The average Bonchev–Trinajstić information content (AvgIpc) is 2.17. The van der Waals surface area contributed by atoms with E-state index in [1.165, 1.54) is 11.1 Å². The number of fused-ring (bicyclic) bond motifs is 1. The molecule has 0 unspecified atom stereocenters. The lowest BCUT2D eigenvalue weighted by atomic mass is 10.0. The van der Waals surface area contributed by atoms with E-state index in [1.807, 2.05) is 6.20 Å². The number of nitrogens with zero attached hydrogens (tertiary/aromatic N) is 1. The van der Waals surface area contributed by atoms with E-state index in [9.17, 15) is 0 Å². The minimum atomic E-state index is 0.698. The van der Waals surface area contributed by atoms with Crippen molar-refractivity contribution in [3.63, 3.8) is 0 Å². The fourth-order valence-corrected chi connectivity index (χ4v) is 1.68. The van der Waals surface area contributed by atoms with Gasteiger partial charge in [0.2, 0.25) is 0 Å². The summed E-state index contributed by atoms with van der Waals surface area (Å²) < 4.78 is 5.33. The molecule has 1 aliphatic heterocycles. The van der Waals surface area contributed by atoms with Crippen molar-refractivity contribution in [3.05, 3.63) is 29.1 Å². The first-order valence-corrected chi connectivity index (χ1v) is 4.45. The SMILES string of the molecule is CCc1ccnc2c1CCOC2. The van der Waals surface area contributed by atoms with Gasteiger partial charge in [0, 0.05) is 6.20 Å². The lowest BCUT2D eigenvalue weighted by Crippen LogP contribution is -2.13. The Hall–Kier alpha value is -0.890. The van der Waals surface area contributed by atoms with E-state index >= 15 is 0 Å². The minimum absolute atomic E-state index is 0.698. The van der Waals surface area contributed by atoms with Crippen LogP contribution in [0, 0.1) is 0 Å². The van der Waals surface area contributed by atoms with Crippen LogP contribution in [0.4, 0.5) is 0 Å². The Labute approximate surface area is 72.6 Å². The van der Waals surface area contributed by atoms with Crippen molar-refractivity contribution in [1.29, 1.82) is 0 Å². The van der Waals surface area contributed by atoms with Crippen LogP contribution in [-0.2, 0) is 24.2 Å². The molecule has 0 aromatic carbocycles. The van der Waals surface area contributed by atoms with Crippen LogP contribution >= 0.6 is 0 Å². The predicted octanol–water partition coefficient (Wildman–Crippen LogP) is 1.72. The fraction of sp³-hybridized carbons (Fsp3) is 0.500. The number of aromatic nitrogens is 1. The number of hydrogen-bond acceptors (Lipinski definition) is 2. The van der Waals surface area contributed by atoms with E-state index in [1.54, 1.807) is 0 Å². The number of rotatable bonds is 1. The molecule has 2 heterocycles.